The molecule has 1 aromatic heterocycles. The second-order valence-corrected chi connectivity index (χ2v) is 8.14. The van der Waals surface area contributed by atoms with Crippen molar-refractivity contribution in [1.82, 2.24) is 9.21 Å². The molecule has 1 fully saturated rings. The van der Waals surface area contributed by atoms with E-state index in [1.165, 1.54) is 16.4 Å². The fourth-order valence-electron chi connectivity index (χ4n) is 2.86. The average Bonchev–Trinajstić information content (AvgIpc) is 3.10. The van der Waals surface area contributed by atoms with Crippen molar-refractivity contribution in [2.45, 2.75) is 17.6 Å². The van der Waals surface area contributed by atoms with Crippen LogP contribution in [0.25, 0.3) is 0 Å². The normalized spacial score (nSPS) is 17.0. The highest BCUT2D eigenvalue weighted by Gasteiger charge is 2.32. The highest BCUT2D eigenvalue weighted by atomic mass is 32.2. The van der Waals surface area contributed by atoms with E-state index < -0.39 is 26.7 Å². The van der Waals surface area contributed by atoms with Gasteiger partial charge in [0.15, 0.2) is 0 Å². The molecule has 0 bridgehead atoms. The van der Waals surface area contributed by atoms with Crippen LogP contribution in [-0.4, -0.2) is 48.7 Å². The molecule has 8 nitrogen and oxygen atoms in total. The summed E-state index contributed by atoms with van der Waals surface area (Å²) in [6.45, 7) is 1.29. The third-order valence-electron chi connectivity index (χ3n) is 4.36. The molecule has 0 amide bonds. The molecule has 0 spiro atoms. The maximum Gasteiger partial charge on any atom is 0.433 e. The van der Waals surface area contributed by atoms with Crippen LogP contribution in [0.3, 0.4) is 0 Å². The maximum absolute atomic E-state index is 12.6. The van der Waals surface area contributed by atoms with Crippen molar-refractivity contribution in [2.75, 3.05) is 26.2 Å². The molecule has 1 saturated heterocycles. The smallest absolute Gasteiger partial charge is 0.404 e. The van der Waals surface area contributed by atoms with E-state index in [9.17, 15) is 31.7 Å². The van der Waals surface area contributed by atoms with Gasteiger partial charge < -0.3 is 4.42 Å². The molecule has 2 heterocycles. The first-order valence-corrected chi connectivity index (χ1v) is 9.64. The molecule has 28 heavy (non-hydrogen) atoms. The number of hydrogen-bond donors (Lipinski definition) is 0. The zero-order chi connectivity index (χ0) is 20.5. The van der Waals surface area contributed by atoms with Crippen molar-refractivity contribution >= 4 is 15.9 Å². The van der Waals surface area contributed by atoms with Crippen LogP contribution in [0.2, 0.25) is 0 Å². The summed E-state index contributed by atoms with van der Waals surface area (Å²) in [7, 11) is -3.90. The monoisotopic (exact) mass is 419 g/mol. The zero-order valence-corrected chi connectivity index (χ0v) is 15.2. The Morgan fingerprint density at radius 1 is 1.04 bits per heavy atom. The first-order valence-electron chi connectivity index (χ1n) is 8.20. The van der Waals surface area contributed by atoms with E-state index >= 15 is 0 Å². The minimum atomic E-state index is -4.53. The first kappa shape index (κ1) is 20.3. The zero-order valence-electron chi connectivity index (χ0n) is 14.4. The minimum absolute atomic E-state index is 0.145. The summed E-state index contributed by atoms with van der Waals surface area (Å²) in [6, 6.07) is 6.13. The number of benzene rings is 1. The molecule has 0 atom stereocenters. The Kier molecular flexibility index (Phi) is 5.46. The van der Waals surface area contributed by atoms with E-state index in [-0.39, 0.29) is 23.9 Å². The van der Waals surface area contributed by atoms with Crippen molar-refractivity contribution in [3.8, 4) is 0 Å². The average molecular weight is 419 g/mol. The summed E-state index contributed by atoms with van der Waals surface area (Å²) in [5.74, 6) is 0.0317. The molecule has 0 unspecified atom stereocenters. The summed E-state index contributed by atoms with van der Waals surface area (Å²) in [5.41, 5.74) is -0.913. The third-order valence-corrected chi connectivity index (χ3v) is 6.27. The predicted octanol–water partition coefficient (Wildman–Crippen LogP) is 2.71. The Morgan fingerprint density at radius 2 is 1.64 bits per heavy atom. The summed E-state index contributed by atoms with van der Waals surface area (Å²) < 4.78 is 69.4. The van der Waals surface area contributed by atoms with Gasteiger partial charge in [-0.1, -0.05) is 0 Å². The summed E-state index contributed by atoms with van der Waals surface area (Å²) >= 11 is 0. The highest BCUT2D eigenvalue weighted by molar-refractivity contribution is 7.89. The Bertz CT molecular complexity index is 949. The van der Waals surface area contributed by atoms with E-state index in [2.05, 4.69) is 0 Å². The van der Waals surface area contributed by atoms with Gasteiger partial charge in [-0.3, -0.25) is 15.0 Å². The van der Waals surface area contributed by atoms with Gasteiger partial charge >= 0.3 is 12.1 Å². The van der Waals surface area contributed by atoms with E-state index in [4.69, 9.17) is 4.42 Å². The van der Waals surface area contributed by atoms with Gasteiger partial charge in [-0.05, 0) is 30.3 Å². The summed E-state index contributed by atoms with van der Waals surface area (Å²) in [5, 5.41) is 10.6. The molecule has 1 aromatic carbocycles. The highest BCUT2D eigenvalue weighted by Crippen LogP contribution is 2.30. The Balaban J connectivity index is 1.62. The second kappa shape index (κ2) is 7.53. The van der Waals surface area contributed by atoms with Gasteiger partial charge in [0, 0.05) is 26.2 Å². The molecular formula is C16H16F3N3O5S. The standard InChI is InChI=1S/C16H16F3N3O5S/c17-16(18,19)12-1-4-14(5-2-12)28(25,26)21-9-7-20(8-10-21)11-13-3-6-15(27-13)22(23)24/h1-6H,7-11H2. The molecule has 0 radical (unpaired) electrons. The van der Waals surface area contributed by atoms with Gasteiger partial charge in [0.2, 0.25) is 10.0 Å². The van der Waals surface area contributed by atoms with Gasteiger partial charge in [0.05, 0.1) is 23.1 Å². The van der Waals surface area contributed by atoms with Crippen LogP contribution >= 0.6 is 0 Å². The number of rotatable bonds is 5. The van der Waals surface area contributed by atoms with E-state index in [1.54, 1.807) is 0 Å². The van der Waals surface area contributed by atoms with Crippen molar-refractivity contribution in [3.05, 3.63) is 57.8 Å². The second-order valence-electron chi connectivity index (χ2n) is 6.20. The van der Waals surface area contributed by atoms with Crippen LogP contribution in [0.4, 0.5) is 19.1 Å². The molecule has 12 heteroatoms. The van der Waals surface area contributed by atoms with Crippen LogP contribution < -0.4 is 0 Å². The van der Waals surface area contributed by atoms with Gasteiger partial charge in [-0.2, -0.15) is 17.5 Å². The van der Waals surface area contributed by atoms with Crippen molar-refractivity contribution in [2.24, 2.45) is 0 Å². The SMILES string of the molecule is O=[N+]([O-])c1ccc(CN2CCN(S(=O)(=O)c3ccc(C(F)(F)F)cc3)CC2)o1. The Labute approximate surface area is 158 Å². The maximum atomic E-state index is 12.6. The van der Waals surface area contributed by atoms with Gasteiger partial charge in [0.25, 0.3) is 0 Å². The van der Waals surface area contributed by atoms with Gasteiger partial charge in [-0.15, -0.1) is 0 Å². The Hall–Kier alpha value is -2.44. The molecule has 0 aliphatic carbocycles. The van der Waals surface area contributed by atoms with Crippen LogP contribution in [-0.2, 0) is 22.7 Å². The summed E-state index contributed by atoms with van der Waals surface area (Å²) in [4.78, 5) is 11.7. The molecular weight excluding hydrogens is 403 g/mol. The van der Waals surface area contributed by atoms with Crippen molar-refractivity contribution < 1.29 is 30.9 Å². The number of sulfonamides is 1. The summed E-state index contributed by atoms with van der Waals surface area (Å²) in [6.07, 6.45) is -4.53. The van der Waals surface area contributed by atoms with Crippen molar-refractivity contribution in [3.63, 3.8) is 0 Å². The molecule has 152 valence electrons. The fourth-order valence-corrected chi connectivity index (χ4v) is 4.29. The van der Waals surface area contributed by atoms with Crippen LogP contribution in [0.15, 0.2) is 45.7 Å². The Morgan fingerprint density at radius 3 is 2.14 bits per heavy atom. The van der Waals surface area contributed by atoms with Crippen molar-refractivity contribution in [1.29, 1.82) is 0 Å². The number of hydrogen-bond acceptors (Lipinski definition) is 6. The fraction of sp³-hybridized carbons (Fsp3) is 0.375. The molecule has 0 N–H and O–H groups in total. The lowest BCUT2D eigenvalue weighted by atomic mass is 10.2. The minimum Gasteiger partial charge on any atom is -0.404 e. The predicted molar refractivity (Wildman–Crippen MR) is 90.8 cm³/mol. The molecule has 1 aliphatic heterocycles. The number of nitrogens with zero attached hydrogens (tertiary/aromatic N) is 3. The van der Waals surface area contributed by atoms with Crippen LogP contribution in [0, 0.1) is 10.1 Å². The number of piperazine rings is 1. The van der Waals surface area contributed by atoms with E-state index in [0.717, 1.165) is 24.3 Å². The molecule has 2 aromatic rings. The molecule has 1 aliphatic rings. The van der Waals surface area contributed by atoms with Crippen LogP contribution in [0.1, 0.15) is 11.3 Å². The molecule has 3 rings (SSSR count). The largest absolute Gasteiger partial charge is 0.433 e. The first-order chi connectivity index (χ1) is 13.1. The lowest BCUT2D eigenvalue weighted by Gasteiger charge is -2.33. The van der Waals surface area contributed by atoms with Gasteiger partial charge in [-0.25, -0.2) is 8.42 Å². The van der Waals surface area contributed by atoms with E-state index in [0.29, 0.717) is 25.4 Å². The van der Waals surface area contributed by atoms with Crippen LogP contribution in [0.5, 0.6) is 0 Å². The van der Waals surface area contributed by atoms with Gasteiger partial charge in [0.1, 0.15) is 10.7 Å². The third kappa shape index (κ3) is 4.34. The lowest BCUT2D eigenvalue weighted by Crippen LogP contribution is -2.48. The number of alkyl halides is 3. The number of nitro groups is 1. The lowest BCUT2D eigenvalue weighted by molar-refractivity contribution is -0.402. The number of furan rings is 1. The molecule has 0 saturated carbocycles. The topological polar surface area (TPSA) is 96.9 Å². The number of halogens is 3. The van der Waals surface area contributed by atoms with E-state index in [1.807, 2.05) is 4.90 Å². The quantitative estimate of drug-likeness (QED) is 0.546.